The minimum absolute atomic E-state index is 0.0968. The van der Waals surface area contributed by atoms with E-state index in [0.717, 1.165) is 31.1 Å². The van der Waals surface area contributed by atoms with Crippen molar-refractivity contribution in [1.82, 2.24) is 14.9 Å². The van der Waals surface area contributed by atoms with Crippen molar-refractivity contribution >= 4 is 27.7 Å². The van der Waals surface area contributed by atoms with Crippen molar-refractivity contribution in [2.75, 3.05) is 63.2 Å². The minimum atomic E-state index is -3.18. The highest BCUT2D eigenvalue weighted by atomic mass is 32.2. The largest absolute Gasteiger partial charge is 0.381 e. The van der Waals surface area contributed by atoms with Crippen LogP contribution in [-0.2, 0) is 14.8 Å². The summed E-state index contributed by atoms with van der Waals surface area (Å²) in [6, 6.07) is 0. The van der Waals surface area contributed by atoms with Gasteiger partial charge in [-0.05, 0) is 19.3 Å². The van der Waals surface area contributed by atoms with Crippen LogP contribution in [-0.4, -0.2) is 81.9 Å². The van der Waals surface area contributed by atoms with Crippen molar-refractivity contribution in [3.05, 3.63) is 0 Å². The Morgan fingerprint density at radius 2 is 2.00 bits per heavy atom. The van der Waals surface area contributed by atoms with Crippen LogP contribution in [0.3, 0.4) is 0 Å². The molecule has 25 heavy (non-hydrogen) atoms. The molecule has 0 bridgehead atoms. The van der Waals surface area contributed by atoms with E-state index >= 15 is 0 Å². The lowest BCUT2D eigenvalue weighted by Crippen LogP contribution is -2.44. The lowest BCUT2D eigenvalue weighted by atomic mass is 10.2. The number of sulfonamides is 1. The van der Waals surface area contributed by atoms with Gasteiger partial charge in [-0.2, -0.15) is 11.8 Å². The van der Waals surface area contributed by atoms with Crippen LogP contribution in [0.15, 0.2) is 4.99 Å². The summed E-state index contributed by atoms with van der Waals surface area (Å²) in [5, 5.41) is 6.26. The smallest absolute Gasteiger partial charge is 0.215 e. The normalized spacial score (nSPS) is 17.0. The lowest BCUT2D eigenvalue weighted by molar-refractivity contribution is 0.109. The maximum absolute atomic E-state index is 12.3. The number of nitrogens with zero attached hydrogens (tertiary/aromatic N) is 2. The fraction of sp³-hybridized carbons (Fsp3) is 0.938. The van der Waals surface area contributed by atoms with E-state index < -0.39 is 10.0 Å². The van der Waals surface area contributed by atoms with Gasteiger partial charge in [0.15, 0.2) is 5.96 Å². The molecule has 1 heterocycles. The first-order chi connectivity index (χ1) is 12.0. The second-order valence-corrected chi connectivity index (χ2v) is 9.65. The van der Waals surface area contributed by atoms with Gasteiger partial charge in [-0.25, -0.2) is 12.7 Å². The van der Waals surface area contributed by atoms with Crippen LogP contribution in [0.1, 0.15) is 27.2 Å². The fourth-order valence-corrected chi connectivity index (χ4v) is 4.76. The van der Waals surface area contributed by atoms with Crippen LogP contribution >= 0.6 is 11.8 Å². The molecule has 0 aliphatic carbocycles. The Kier molecular flexibility index (Phi) is 11.5. The van der Waals surface area contributed by atoms with E-state index in [1.807, 2.05) is 6.92 Å². The maximum atomic E-state index is 12.3. The number of guanidine groups is 1. The van der Waals surface area contributed by atoms with E-state index in [9.17, 15) is 8.42 Å². The molecule has 0 aromatic carbocycles. The summed E-state index contributed by atoms with van der Waals surface area (Å²) in [5.41, 5.74) is 0. The van der Waals surface area contributed by atoms with Crippen LogP contribution in [0.4, 0.5) is 0 Å². The van der Waals surface area contributed by atoms with Crippen LogP contribution in [0.5, 0.6) is 0 Å². The molecule has 0 unspecified atom stereocenters. The van der Waals surface area contributed by atoms with Gasteiger partial charge in [-0.1, -0.05) is 13.8 Å². The predicted octanol–water partition coefficient (Wildman–Crippen LogP) is 0.983. The topological polar surface area (TPSA) is 83.0 Å². The van der Waals surface area contributed by atoms with Crippen molar-refractivity contribution in [3.63, 3.8) is 0 Å². The first kappa shape index (κ1) is 22.5. The molecule has 9 heteroatoms. The van der Waals surface area contributed by atoms with Gasteiger partial charge in [0.1, 0.15) is 0 Å². The fourth-order valence-electron chi connectivity index (χ4n) is 2.27. The molecular formula is C16H34N4O3S2. The second kappa shape index (κ2) is 12.8. The molecule has 0 atom stereocenters. The predicted molar refractivity (Wildman–Crippen MR) is 107 cm³/mol. The van der Waals surface area contributed by atoms with Gasteiger partial charge in [0.2, 0.25) is 10.0 Å². The lowest BCUT2D eigenvalue weighted by Gasteiger charge is -2.25. The minimum Gasteiger partial charge on any atom is -0.381 e. The number of aliphatic imine (C=N–C) groups is 1. The first-order valence-corrected chi connectivity index (χ1v) is 11.9. The van der Waals surface area contributed by atoms with Crippen molar-refractivity contribution in [3.8, 4) is 0 Å². The van der Waals surface area contributed by atoms with Crippen molar-refractivity contribution in [2.45, 2.75) is 27.2 Å². The number of ether oxygens (including phenoxy) is 1. The van der Waals surface area contributed by atoms with Gasteiger partial charge in [0.05, 0.1) is 5.75 Å². The molecule has 0 aromatic heterocycles. The van der Waals surface area contributed by atoms with Gasteiger partial charge < -0.3 is 15.4 Å². The second-order valence-electron chi connectivity index (χ2n) is 6.34. The van der Waals surface area contributed by atoms with E-state index in [0.29, 0.717) is 44.7 Å². The Bertz CT molecular complexity index is 478. The van der Waals surface area contributed by atoms with E-state index in [4.69, 9.17) is 4.74 Å². The molecule has 7 nitrogen and oxygen atoms in total. The summed E-state index contributed by atoms with van der Waals surface area (Å²) >= 11 is 1.81. The summed E-state index contributed by atoms with van der Waals surface area (Å²) in [7, 11) is -3.18. The van der Waals surface area contributed by atoms with Gasteiger partial charge in [0.25, 0.3) is 0 Å². The van der Waals surface area contributed by atoms with Crippen LogP contribution in [0.25, 0.3) is 0 Å². The number of rotatable bonds is 11. The molecule has 1 aliphatic heterocycles. The van der Waals surface area contributed by atoms with E-state index in [-0.39, 0.29) is 5.75 Å². The molecule has 0 amide bonds. The first-order valence-electron chi connectivity index (χ1n) is 9.11. The quantitative estimate of drug-likeness (QED) is 0.309. The van der Waals surface area contributed by atoms with Gasteiger partial charge in [-0.15, -0.1) is 0 Å². The van der Waals surface area contributed by atoms with E-state index in [1.165, 1.54) is 0 Å². The molecule has 148 valence electrons. The number of hydrogen-bond donors (Lipinski definition) is 2. The van der Waals surface area contributed by atoms with Crippen molar-refractivity contribution in [1.29, 1.82) is 0 Å². The summed E-state index contributed by atoms with van der Waals surface area (Å²) in [6.07, 6.45) is 0.854. The van der Waals surface area contributed by atoms with Crippen LogP contribution < -0.4 is 10.6 Å². The molecule has 1 aliphatic rings. The molecular weight excluding hydrogens is 360 g/mol. The summed E-state index contributed by atoms with van der Waals surface area (Å²) in [6.45, 7) is 10.7. The summed E-state index contributed by atoms with van der Waals surface area (Å²) < 4.78 is 31.8. The highest BCUT2D eigenvalue weighted by Crippen LogP contribution is 2.12. The van der Waals surface area contributed by atoms with Crippen molar-refractivity contribution < 1.29 is 13.2 Å². The Hall–Kier alpha value is -0.510. The van der Waals surface area contributed by atoms with Gasteiger partial charge >= 0.3 is 0 Å². The highest BCUT2D eigenvalue weighted by molar-refractivity contribution is 7.99. The Labute approximate surface area is 157 Å². The summed E-state index contributed by atoms with van der Waals surface area (Å²) in [4.78, 5) is 4.46. The third kappa shape index (κ3) is 10.3. The number of hydrogen-bond acceptors (Lipinski definition) is 5. The molecule has 0 saturated carbocycles. The maximum Gasteiger partial charge on any atom is 0.215 e. The van der Waals surface area contributed by atoms with E-state index in [1.54, 1.807) is 16.1 Å². The summed E-state index contributed by atoms with van der Waals surface area (Å²) in [5.74, 6) is 3.07. The Morgan fingerprint density at radius 3 is 2.64 bits per heavy atom. The highest BCUT2D eigenvalue weighted by Gasteiger charge is 2.23. The van der Waals surface area contributed by atoms with Crippen LogP contribution in [0.2, 0.25) is 0 Å². The van der Waals surface area contributed by atoms with E-state index in [2.05, 4.69) is 29.5 Å². The average molecular weight is 395 g/mol. The molecule has 1 fully saturated rings. The third-order valence-electron chi connectivity index (χ3n) is 3.53. The zero-order valence-electron chi connectivity index (χ0n) is 15.8. The molecule has 2 N–H and O–H groups in total. The monoisotopic (exact) mass is 394 g/mol. The number of thioether (sulfide) groups is 1. The van der Waals surface area contributed by atoms with Gasteiger partial charge in [0, 0.05) is 57.4 Å². The SMILES string of the molecule is CCNC(=NCCCOCC(C)C)NCCS(=O)(=O)N1CCSCC1. The van der Waals surface area contributed by atoms with Gasteiger partial charge in [-0.3, -0.25) is 4.99 Å². The average Bonchev–Trinajstić information content (AvgIpc) is 2.58. The Morgan fingerprint density at radius 1 is 1.28 bits per heavy atom. The zero-order chi connectivity index (χ0) is 18.5. The van der Waals surface area contributed by atoms with Crippen molar-refractivity contribution in [2.24, 2.45) is 10.9 Å². The zero-order valence-corrected chi connectivity index (χ0v) is 17.4. The Balaban J connectivity index is 2.30. The number of nitrogens with one attached hydrogen (secondary N) is 2. The molecule has 0 radical (unpaired) electrons. The standard InChI is InChI=1S/C16H34N4O3S2/c1-4-17-16(18-6-5-10-23-14-15(2)3)19-7-13-25(21,22)20-8-11-24-12-9-20/h15H,4-14H2,1-3H3,(H2,17,18,19). The van der Waals surface area contributed by atoms with Crippen LogP contribution in [0, 0.1) is 5.92 Å². The molecule has 1 rings (SSSR count). The molecule has 0 aromatic rings. The molecule has 0 spiro atoms. The third-order valence-corrected chi connectivity index (χ3v) is 6.34. The molecule has 1 saturated heterocycles.